The summed E-state index contributed by atoms with van der Waals surface area (Å²) in [5, 5.41) is 3.90. The second-order valence-corrected chi connectivity index (χ2v) is 7.26. The summed E-state index contributed by atoms with van der Waals surface area (Å²) in [6.45, 7) is 6.77. The molecule has 1 heterocycles. The van der Waals surface area contributed by atoms with Crippen LogP contribution in [-0.4, -0.2) is 36.6 Å². The van der Waals surface area contributed by atoms with Crippen molar-refractivity contribution in [3.63, 3.8) is 0 Å². The molecule has 0 radical (unpaired) electrons. The van der Waals surface area contributed by atoms with Crippen LogP contribution in [-0.2, 0) is 6.54 Å². The molecule has 1 saturated heterocycles. The maximum Gasteiger partial charge on any atom is 0.0233 e. The van der Waals surface area contributed by atoms with E-state index < -0.39 is 0 Å². The monoisotopic (exact) mass is 301 g/mol. The molecule has 0 spiro atoms. The van der Waals surface area contributed by atoms with E-state index in [0.29, 0.717) is 18.0 Å². The highest BCUT2D eigenvalue weighted by Crippen LogP contribution is 2.27. The summed E-state index contributed by atoms with van der Waals surface area (Å²) in [7, 11) is 0. The Morgan fingerprint density at radius 3 is 2.82 bits per heavy atom. The van der Waals surface area contributed by atoms with Crippen molar-refractivity contribution in [2.45, 2.75) is 51.2 Å². The van der Waals surface area contributed by atoms with Crippen molar-refractivity contribution in [2.75, 3.05) is 19.6 Å². The molecule has 3 nitrogen and oxygen atoms in total. The second-order valence-electron chi connectivity index (χ2n) is 7.26. The second kappa shape index (κ2) is 7.58. The van der Waals surface area contributed by atoms with Gasteiger partial charge in [-0.1, -0.05) is 36.8 Å². The first-order valence-electron chi connectivity index (χ1n) is 8.98. The first kappa shape index (κ1) is 16.0. The summed E-state index contributed by atoms with van der Waals surface area (Å²) in [6.07, 6.45) is 5.29. The average molecular weight is 301 g/mol. The number of hydrogen-bond donors (Lipinski definition) is 2. The summed E-state index contributed by atoms with van der Waals surface area (Å²) < 4.78 is 0. The highest BCUT2D eigenvalue weighted by molar-refractivity contribution is 5.14. The summed E-state index contributed by atoms with van der Waals surface area (Å²) in [4.78, 5) is 2.60. The molecule has 4 unspecified atom stereocenters. The van der Waals surface area contributed by atoms with Gasteiger partial charge < -0.3 is 11.1 Å². The zero-order chi connectivity index (χ0) is 15.4. The van der Waals surface area contributed by atoms with E-state index in [1.54, 1.807) is 0 Å². The Balaban J connectivity index is 1.47. The minimum Gasteiger partial charge on any atom is -0.330 e. The molecule has 122 valence electrons. The Bertz CT molecular complexity index is 447. The molecule has 1 aromatic rings. The highest BCUT2D eigenvalue weighted by atomic mass is 15.2. The Hall–Kier alpha value is -0.900. The van der Waals surface area contributed by atoms with Gasteiger partial charge in [0.15, 0.2) is 0 Å². The minimum atomic E-state index is 0.609. The summed E-state index contributed by atoms with van der Waals surface area (Å²) in [5.74, 6) is 1.48. The molecular weight excluding hydrogens is 270 g/mol. The van der Waals surface area contributed by atoms with Gasteiger partial charge in [0.05, 0.1) is 0 Å². The zero-order valence-corrected chi connectivity index (χ0v) is 13.9. The van der Waals surface area contributed by atoms with Crippen molar-refractivity contribution in [3.8, 4) is 0 Å². The number of nitrogens with one attached hydrogen (secondary N) is 1. The summed E-state index contributed by atoms with van der Waals surface area (Å²) >= 11 is 0. The lowest BCUT2D eigenvalue weighted by Crippen LogP contribution is -2.45. The van der Waals surface area contributed by atoms with Crippen LogP contribution in [0.5, 0.6) is 0 Å². The largest absolute Gasteiger partial charge is 0.330 e. The summed E-state index contributed by atoms with van der Waals surface area (Å²) in [6, 6.07) is 12.1. The van der Waals surface area contributed by atoms with Gasteiger partial charge in [-0.3, -0.25) is 4.90 Å². The molecule has 0 aromatic heterocycles. The molecule has 2 fully saturated rings. The number of likely N-dealkylation sites (tertiary alicyclic amines) is 1. The molecule has 3 N–H and O–H groups in total. The van der Waals surface area contributed by atoms with Crippen molar-refractivity contribution < 1.29 is 0 Å². The average Bonchev–Trinajstić information content (AvgIpc) is 3.17. The van der Waals surface area contributed by atoms with E-state index in [1.165, 1.54) is 44.3 Å². The molecule has 1 saturated carbocycles. The third-order valence-electron chi connectivity index (χ3n) is 5.70. The lowest BCUT2D eigenvalue weighted by Gasteiger charge is -2.28. The van der Waals surface area contributed by atoms with Crippen LogP contribution in [0.25, 0.3) is 0 Å². The van der Waals surface area contributed by atoms with Crippen LogP contribution in [0.15, 0.2) is 30.3 Å². The third kappa shape index (κ3) is 3.89. The van der Waals surface area contributed by atoms with Gasteiger partial charge in [0.2, 0.25) is 0 Å². The van der Waals surface area contributed by atoms with Crippen LogP contribution in [0.1, 0.15) is 38.2 Å². The zero-order valence-electron chi connectivity index (χ0n) is 13.9. The van der Waals surface area contributed by atoms with Gasteiger partial charge in [0.1, 0.15) is 0 Å². The number of rotatable bonds is 6. The molecular formula is C19H31N3. The number of nitrogens with zero attached hydrogens (tertiary/aromatic N) is 1. The van der Waals surface area contributed by atoms with Crippen LogP contribution in [0.4, 0.5) is 0 Å². The van der Waals surface area contributed by atoms with E-state index in [2.05, 4.69) is 47.5 Å². The van der Waals surface area contributed by atoms with Gasteiger partial charge in [0.25, 0.3) is 0 Å². The van der Waals surface area contributed by atoms with Crippen LogP contribution in [0.3, 0.4) is 0 Å². The fourth-order valence-corrected chi connectivity index (χ4v) is 4.27. The Morgan fingerprint density at radius 2 is 2.05 bits per heavy atom. The Labute approximate surface area is 135 Å². The van der Waals surface area contributed by atoms with Gasteiger partial charge >= 0.3 is 0 Å². The van der Waals surface area contributed by atoms with Crippen LogP contribution in [0.2, 0.25) is 0 Å². The lowest BCUT2D eigenvalue weighted by atomic mass is 9.97. The van der Waals surface area contributed by atoms with Gasteiger partial charge in [-0.2, -0.15) is 0 Å². The number of hydrogen-bond acceptors (Lipinski definition) is 3. The van der Waals surface area contributed by atoms with Crippen LogP contribution in [0, 0.1) is 11.8 Å². The third-order valence-corrected chi connectivity index (χ3v) is 5.70. The highest BCUT2D eigenvalue weighted by Gasteiger charge is 2.31. The van der Waals surface area contributed by atoms with E-state index in [4.69, 9.17) is 5.73 Å². The molecule has 22 heavy (non-hydrogen) atoms. The first-order chi connectivity index (χ1) is 10.8. The van der Waals surface area contributed by atoms with Gasteiger partial charge in [-0.05, 0) is 56.7 Å². The van der Waals surface area contributed by atoms with E-state index in [9.17, 15) is 0 Å². The topological polar surface area (TPSA) is 41.3 Å². The van der Waals surface area contributed by atoms with E-state index in [1.807, 2.05) is 0 Å². The smallest absolute Gasteiger partial charge is 0.0233 e. The predicted octanol–water partition coefficient (Wildman–Crippen LogP) is 2.61. The fourth-order valence-electron chi connectivity index (χ4n) is 4.27. The van der Waals surface area contributed by atoms with Crippen molar-refractivity contribution in [1.82, 2.24) is 10.2 Å². The maximum atomic E-state index is 5.91. The molecule has 3 heteroatoms. The van der Waals surface area contributed by atoms with Gasteiger partial charge in [-0.15, -0.1) is 0 Å². The molecule has 1 aromatic carbocycles. The normalized spacial score (nSPS) is 30.7. The first-order valence-corrected chi connectivity index (χ1v) is 8.98. The SMILES string of the molecule is CC(NC1CCCC1CN)C1CCN(Cc2ccccc2)C1. The quantitative estimate of drug-likeness (QED) is 0.848. The predicted molar refractivity (Wildman–Crippen MR) is 92.6 cm³/mol. The van der Waals surface area contributed by atoms with E-state index >= 15 is 0 Å². The van der Waals surface area contributed by atoms with Crippen LogP contribution < -0.4 is 11.1 Å². The molecule has 1 aliphatic heterocycles. The molecule has 0 bridgehead atoms. The van der Waals surface area contributed by atoms with Crippen molar-refractivity contribution >= 4 is 0 Å². The van der Waals surface area contributed by atoms with Crippen molar-refractivity contribution in [2.24, 2.45) is 17.6 Å². The van der Waals surface area contributed by atoms with Crippen molar-refractivity contribution in [3.05, 3.63) is 35.9 Å². The molecule has 1 aliphatic carbocycles. The van der Waals surface area contributed by atoms with Crippen LogP contribution >= 0.6 is 0 Å². The molecule has 0 amide bonds. The van der Waals surface area contributed by atoms with Gasteiger partial charge in [-0.25, -0.2) is 0 Å². The lowest BCUT2D eigenvalue weighted by molar-refractivity contribution is 0.275. The van der Waals surface area contributed by atoms with E-state index in [0.717, 1.165) is 19.0 Å². The van der Waals surface area contributed by atoms with Crippen molar-refractivity contribution in [1.29, 1.82) is 0 Å². The Kier molecular flexibility index (Phi) is 5.51. The minimum absolute atomic E-state index is 0.609. The molecule has 4 atom stereocenters. The number of nitrogens with two attached hydrogens (primary N) is 1. The molecule has 3 rings (SSSR count). The Morgan fingerprint density at radius 1 is 1.23 bits per heavy atom. The fraction of sp³-hybridized carbons (Fsp3) is 0.684. The van der Waals surface area contributed by atoms with Gasteiger partial charge in [0, 0.05) is 25.2 Å². The van der Waals surface area contributed by atoms with E-state index in [-0.39, 0.29) is 0 Å². The summed E-state index contributed by atoms with van der Waals surface area (Å²) in [5.41, 5.74) is 7.35. The molecule has 2 aliphatic rings. The number of benzene rings is 1. The standard InChI is InChI=1S/C19H31N3/c1-15(21-19-9-5-8-17(19)12-20)18-10-11-22(14-18)13-16-6-3-2-4-7-16/h2-4,6-7,15,17-19,21H,5,8-14,20H2,1H3. The maximum absolute atomic E-state index is 5.91.